The molecule has 0 N–H and O–H groups in total. The summed E-state index contributed by atoms with van der Waals surface area (Å²) in [6.07, 6.45) is 5.00. The van der Waals surface area contributed by atoms with E-state index in [0.717, 1.165) is 41.1 Å². The first-order chi connectivity index (χ1) is 13.8. The summed E-state index contributed by atoms with van der Waals surface area (Å²) < 4.78 is 5.96. The van der Waals surface area contributed by atoms with Crippen LogP contribution in [0.4, 0.5) is 0 Å². The highest BCUT2D eigenvalue weighted by Gasteiger charge is 2.13. The van der Waals surface area contributed by atoms with Crippen LogP contribution >= 0.6 is 0 Å². The third kappa shape index (κ3) is 4.19. The van der Waals surface area contributed by atoms with Crippen molar-refractivity contribution in [2.45, 2.75) is 13.0 Å². The lowest BCUT2D eigenvalue weighted by Crippen LogP contribution is -2.11. The maximum atomic E-state index is 8.90. The Kier molecular flexibility index (Phi) is 5.31. The van der Waals surface area contributed by atoms with E-state index in [4.69, 9.17) is 10.00 Å². The second kappa shape index (κ2) is 8.37. The molecule has 0 spiro atoms. The smallest absolute Gasteiger partial charge is 0.120 e. The van der Waals surface area contributed by atoms with Crippen LogP contribution in [0.15, 0.2) is 83.9 Å². The van der Waals surface area contributed by atoms with Gasteiger partial charge in [0, 0.05) is 12.1 Å². The van der Waals surface area contributed by atoms with Gasteiger partial charge in [0.05, 0.1) is 17.3 Å². The lowest BCUT2D eigenvalue weighted by Gasteiger charge is -2.16. The van der Waals surface area contributed by atoms with E-state index < -0.39 is 0 Å². The molecule has 0 atom stereocenters. The third-order valence-electron chi connectivity index (χ3n) is 4.74. The van der Waals surface area contributed by atoms with Crippen LogP contribution in [-0.4, -0.2) is 12.3 Å². The second-order valence-corrected chi connectivity index (χ2v) is 6.68. The van der Waals surface area contributed by atoms with Crippen LogP contribution in [0.1, 0.15) is 27.8 Å². The van der Waals surface area contributed by atoms with E-state index in [1.165, 1.54) is 5.56 Å². The van der Waals surface area contributed by atoms with Gasteiger partial charge in [-0.2, -0.15) is 5.26 Å². The number of allylic oxidation sites excluding steroid dienone is 1. The summed E-state index contributed by atoms with van der Waals surface area (Å²) in [6.45, 7) is 1.35. The van der Waals surface area contributed by atoms with E-state index in [9.17, 15) is 0 Å². The normalized spacial score (nSPS) is 12.9. The van der Waals surface area contributed by atoms with E-state index in [1.54, 1.807) is 0 Å². The topological polar surface area (TPSA) is 45.4 Å². The summed E-state index contributed by atoms with van der Waals surface area (Å²) in [4.78, 5) is 4.68. The van der Waals surface area contributed by atoms with Crippen molar-refractivity contribution in [1.29, 1.82) is 5.26 Å². The van der Waals surface area contributed by atoms with Gasteiger partial charge < -0.3 is 4.74 Å². The fourth-order valence-electron chi connectivity index (χ4n) is 3.23. The minimum atomic E-state index is 0.569. The molecule has 0 aromatic heterocycles. The summed E-state index contributed by atoms with van der Waals surface area (Å²) in [5.74, 6) is 0.889. The molecule has 1 aliphatic rings. The Labute approximate surface area is 165 Å². The molecular formula is C25H20N2O. The summed E-state index contributed by atoms with van der Waals surface area (Å²) >= 11 is 0. The molecule has 28 heavy (non-hydrogen) atoms. The van der Waals surface area contributed by atoms with Crippen LogP contribution in [0.3, 0.4) is 0 Å². The number of rotatable bonds is 5. The van der Waals surface area contributed by atoms with Gasteiger partial charge in [-0.25, -0.2) is 0 Å². The average Bonchev–Trinajstić information content (AvgIpc) is 2.77. The Morgan fingerprint density at radius 1 is 0.964 bits per heavy atom. The first-order valence-electron chi connectivity index (χ1n) is 9.34. The van der Waals surface area contributed by atoms with Gasteiger partial charge in [-0.15, -0.1) is 0 Å². The van der Waals surface area contributed by atoms with Gasteiger partial charge in [-0.05, 0) is 59.5 Å². The van der Waals surface area contributed by atoms with Crippen molar-refractivity contribution in [2.24, 2.45) is 4.99 Å². The number of ether oxygens (including phenoxy) is 1. The molecule has 3 aromatic carbocycles. The molecule has 3 heteroatoms. The molecule has 3 nitrogen and oxygen atoms in total. The van der Waals surface area contributed by atoms with Gasteiger partial charge in [-0.3, -0.25) is 4.99 Å². The molecule has 0 fully saturated rings. The lowest BCUT2D eigenvalue weighted by molar-refractivity contribution is 0.306. The van der Waals surface area contributed by atoms with Gasteiger partial charge in [-0.1, -0.05) is 48.5 Å². The minimum absolute atomic E-state index is 0.569. The quantitative estimate of drug-likeness (QED) is 0.625. The number of hydrogen-bond donors (Lipinski definition) is 0. The highest BCUT2D eigenvalue weighted by atomic mass is 16.5. The first-order valence-corrected chi connectivity index (χ1v) is 9.34. The molecular weight excluding hydrogens is 344 g/mol. The SMILES string of the molecule is N#Cc1ccc(C=CC2=NCCc3cc(OCc4ccccc4)ccc32)cc1. The van der Waals surface area contributed by atoms with Crippen molar-refractivity contribution in [3.8, 4) is 11.8 Å². The fourth-order valence-corrected chi connectivity index (χ4v) is 3.23. The van der Waals surface area contributed by atoms with Gasteiger partial charge in [0.15, 0.2) is 0 Å². The molecule has 136 valence electrons. The van der Waals surface area contributed by atoms with Crippen LogP contribution in [0, 0.1) is 11.3 Å². The standard InChI is InChI=1S/C25H20N2O/c26-17-20-8-6-19(7-9-20)10-13-25-24-12-11-23(16-22(24)14-15-27-25)28-18-21-4-2-1-3-5-21/h1-13,16H,14-15,18H2. The van der Waals surface area contributed by atoms with Crippen LogP contribution in [0.2, 0.25) is 0 Å². The molecule has 0 amide bonds. The Morgan fingerprint density at radius 2 is 1.79 bits per heavy atom. The fraction of sp³-hybridized carbons (Fsp3) is 0.120. The summed E-state index contributed by atoms with van der Waals surface area (Å²) in [7, 11) is 0. The Bertz CT molecular complexity index is 1060. The molecule has 0 saturated carbocycles. The van der Waals surface area contributed by atoms with Crippen LogP contribution < -0.4 is 4.74 Å². The summed E-state index contributed by atoms with van der Waals surface area (Å²) in [5, 5.41) is 8.90. The lowest BCUT2D eigenvalue weighted by atomic mass is 9.96. The molecule has 4 rings (SSSR count). The van der Waals surface area contributed by atoms with Crippen molar-refractivity contribution in [3.63, 3.8) is 0 Å². The van der Waals surface area contributed by atoms with Crippen molar-refractivity contribution >= 4 is 11.8 Å². The van der Waals surface area contributed by atoms with E-state index in [1.807, 2.05) is 60.7 Å². The predicted molar refractivity (Wildman–Crippen MR) is 113 cm³/mol. The maximum Gasteiger partial charge on any atom is 0.120 e. The number of nitrogens with zero attached hydrogens (tertiary/aromatic N) is 2. The van der Waals surface area contributed by atoms with E-state index >= 15 is 0 Å². The zero-order chi connectivity index (χ0) is 19.2. The van der Waals surface area contributed by atoms with E-state index in [2.05, 4.69) is 35.3 Å². The van der Waals surface area contributed by atoms with Crippen molar-refractivity contribution < 1.29 is 4.74 Å². The van der Waals surface area contributed by atoms with Gasteiger partial charge >= 0.3 is 0 Å². The largest absolute Gasteiger partial charge is 0.489 e. The van der Waals surface area contributed by atoms with E-state index in [-0.39, 0.29) is 0 Å². The van der Waals surface area contributed by atoms with Crippen LogP contribution in [-0.2, 0) is 13.0 Å². The highest BCUT2D eigenvalue weighted by Crippen LogP contribution is 2.24. The summed E-state index contributed by atoms with van der Waals surface area (Å²) in [5.41, 5.74) is 6.29. The highest BCUT2D eigenvalue weighted by molar-refractivity contribution is 6.12. The Morgan fingerprint density at radius 3 is 2.57 bits per heavy atom. The van der Waals surface area contributed by atoms with Crippen LogP contribution in [0.25, 0.3) is 6.08 Å². The second-order valence-electron chi connectivity index (χ2n) is 6.68. The number of nitriles is 1. The molecule has 0 saturated heterocycles. The summed E-state index contributed by atoms with van der Waals surface area (Å²) in [6, 6.07) is 26.1. The Hall–Kier alpha value is -3.64. The average molecular weight is 364 g/mol. The van der Waals surface area contributed by atoms with Crippen LogP contribution in [0.5, 0.6) is 5.75 Å². The zero-order valence-corrected chi connectivity index (χ0v) is 15.5. The molecule has 0 unspecified atom stereocenters. The Balaban J connectivity index is 1.48. The molecule has 1 heterocycles. The zero-order valence-electron chi connectivity index (χ0n) is 15.5. The van der Waals surface area contributed by atoms with Gasteiger partial charge in [0.25, 0.3) is 0 Å². The van der Waals surface area contributed by atoms with Crippen molar-refractivity contribution in [3.05, 3.63) is 107 Å². The monoisotopic (exact) mass is 364 g/mol. The first kappa shape index (κ1) is 17.8. The molecule has 1 aliphatic heterocycles. The number of fused-ring (bicyclic) bond motifs is 1. The molecule has 0 bridgehead atoms. The molecule has 3 aromatic rings. The number of hydrogen-bond acceptors (Lipinski definition) is 3. The minimum Gasteiger partial charge on any atom is -0.489 e. The molecule has 0 radical (unpaired) electrons. The van der Waals surface area contributed by atoms with Gasteiger partial charge in [0.2, 0.25) is 0 Å². The molecule has 0 aliphatic carbocycles. The van der Waals surface area contributed by atoms with Crippen molar-refractivity contribution in [2.75, 3.05) is 6.54 Å². The maximum absolute atomic E-state index is 8.90. The number of benzene rings is 3. The van der Waals surface area contributed by atoms with E-state index in [0.29, 0.717) is 12.2 Å². The number of aliphatic imine (C=N–C) groups is 1. The van der Waals surface area contributed by atoms with Crippen molar-refractivity contribution in [1.82, 2.24) is 0 Å². The third-order valence-corrected chi connectivity index (χ3v) is 4.74. The predicted octanol–water partition coefficient (Wildman–Crippen LogP) is 5.20. The van der Waals surface area contributed by atoms with Gasteiger partial charge in [0.1, 0.15) is 12.4 Å².